The number of carbonyl (C=O) groups is 2. The smallest absolute Gasteiger partial charge is 0.410 e. The molecule has 2 aliphatic rings. The standard InChI is InChI=1S/C21H33N5O3/c1-21(2,3)29-20(28)26-12-5-4-7-17(26)18(27)24-15-16-8-13-25(14-9-16)19-22-10-6-11-23-19/h6,10-11,16-17H,4-5,7-9,12-15H2,1-3H3,(H,24,27). The number of amides is 2. The van der Waals surface area contributed by atoms with Gasteiger partial charge in [0.1, 0.15) is 11.6 Å². The molecule has 2 aliphatic heterocycles. The van der Waals surface area contributed by atoms with Crippen LogP contribution in [0.25, 0.3) is 0 Å². The number of hydrogen-bond donors (Lipinski definition) is 1. The Morgan fingerprint density at radius 2 is 1.79 bits per heavy atom. The molecule has 0 spiro atoms. The van der Waals surface area contributed by atoms with E-state index in [4.69, 9.17) is 4.74 Å². The molecule has 0 aliphatic carbocycles. The van der Waals surface area contributed by atoms with Crippen LogP contribution in [0.5, 0.6) is 0 Å². The Kier molecular flexibility index (Phi) is 6.92. The number of anilines is 1. The summed E-state index contributed by atoms with van der Waals surface area (Å²) < 4.78 is 5.50. The van der Waals surface area contributed by atoms with Gasteiger partial charge >= 0.3 is 6.09 Å². The minimum atomic E-state index is -0.563. The summed E-state index contributed by atoms with van der Waals surface area (Å²) in [7, 11) is 0. The fourth-order valence-electron chi connectivity index (χ4n) is 3.90. The zero-order valence-electron chi connectivity index (χ0n) is 17.8. The molecule has 2 amide bonds. The van der Waals surface area contributed by atoms with Gasteiger partial charge in [0.2, 0.25) is 11.9 Å². The number of likely N-dealkylation sites (tertiary alicyclic amines) is 1. The van der Waals surface area contributed by atoms with Crippen molar-refractivity contribution in [2.75, 3.05) is 31.1 Å². The van der Waals surface area contributed by atoms with E-state index in [9.17, 15) is 9.59 Å². The highest BCUT2D eigenvalue weighted by Gasteiger charge is 2.35. The van der Waals surface area contributed by atoms with E-state index in [1.165, 1.54) is 0 Å². The Labute approximate surface area is 173 Å². The van der Waals surface area contributed by atoms with Crippen molar-refractivity contribution in [3.63, 3.8) is 0 Å². The number of nitrogens with zero attached hydrogens (tertiary/aromatic N) is 4. The highest BCUT2D eigenvalue weighted by atomic mass is 16.6. The number of hydrogen-bond acceptors (Lipinski definition) is 6. The number of carbonyl (C=O) groups excluding carboxylic acids is 2. The molecule has 0 bridgehead atoms. The van der Waals surface area contributed by atoms with Crippen molar-refractivity contribution < 1.29 is 14.3 Å². The minimum Gasteiger partial charge on any atom is -0.444 e. The quantitative estimate of drug-likeness (QED) is 0.831. The molecule has 0 saturated carbocycles. The van der Waals surface area contributed by atoms with Gasteiger partial charge in [-0.2, -0.15) is 0 Å². The second-order valence-corrected chi connectivity index (χ2v) is 8.91. The Hall–Kier alpha value is -2.38. The van der Waals surface area contributed by atoms with Crippen LogP contribution in [0.2, 0.25) is 0 Å². The van der Waals surface area contributed by atoms with E-state index in [-0.39, 0.29) is 5.91 Å². The summed E-state index contributed by atoms with van der Waals surface area (Å²) in [6.45, 7) is 8.52. The molecule has 1 atom stereocenters. The zero-order valence-corrected chi connectivity index (χ0v) is 17.8. The molecule has 8 nitrogen and oxygen atoms in total. The number of nitrogens with one attached hydrogen (secondary N) is 1. The lowest BCUT2D eigenvalue weighted by atomic mass is 9.96. The van der Waals surface area contributed by atoms with Crippen molar-refractivity contribution in [1.82, 2.24) is 20.2 Å². The van der Waals surface area contributed by atoms with Crippen LogP contribution in [-0.2, 0) is 9.53 Å². The Morgan fingerprint density at radius 3 is 2.45 bits per heavy atom. The van der Waals surface area contributed by atoms with E-state index in [0.29, 0.717) is 25.4 Å². The van der Waals surface area contributed by atoms with Crippen LogP contribution in [-0.4, -0.2) is 64.7 Å². The van der Waals surface area contributed by atoms with Crippen LogP contribution < -0.4 is 10.2 Å². The largest absolute Gasteiger partial charge is 0.444 e. The molecule has 3 heterocycles. The molecule has 2 saturated heterocycles. The minimum absolute atomic E-state index is 0.0654. The van der Waals surface area contributed by atoms with Crippen LogP contribution in [0.3, 0.4) is 0 Å². The Balaban J connectivity index is 1.47. The average molecular weight is 404 g/mol. The highest BCUT2D eigenvalue weighted by molar-refractivity contribution is 5.85. The van der Waals surface area contributed by atoms with Crippen LogP contribution >= 0.6 is 0 Å². The van der Waals surface area contributed by atoms with Crippen LogP contribution in [0.4, 0.5) is 10.7 Å². The molecular formula is C21H33N5O3. The summed E-state index contributed by atoms with van der Waals surface area (Å²) in [5, 5.41) is 3.09. The molecule has 1 aromatic rings. The monoisotopic (exact) mass is 403 g/mol. The molecule has 2 fully saturated rings. The van der Waals surface area contributed by atoms with Gasteiger partial charge in [0.15, 0.2) is 0 Å². The van der Waals surface area contributed by atoms with E-state index in [1.54, 1.807) is 17.3 Å². The van der Waals surface area contributed by atoms with Crippen molar-refractivity contribution in [3.05, 3.63) is 18.5 Å². The van der Waals surface area contributed by atoms with Crippen LogP contribution in [0.15, 0.2) is 18.5 Å². The second-order valence-electron chi connectivity index (χ2n) is 8.91. The average Bonchev–Trinajstić information content (AvgIpc) is 2.72. The van der Waals surface area contributed by atoms with Crippen LogP contribution in [0.1, 0.15) is 52.9 Å². The van der Waals surface area contributed by atoms with E-state index in [0.717, 1.165) is 44.7 Å². The first-order valence-corrected chi connectivity index (χ1v) is 10.6. The lowest BCUT2D eigenvalue weighted by Gasteiger charge is -2.36. The van der Waals surface area contributed by atoms with Crippen molar-refractivity contribution in [2.45, 2.75) is 64.5 Å². The topological polar surface area (TPSA) is 87.7 Å². The highest BCUT2D eigenvalue weighted by Crippen LogP contribution is 2.22. The molecule has 1 N–H and O–H groups in total. The van der Waals surface area contributed by atoms with Gasteiger partial charge in [0.05, 0.1) is 0 Å². The summed E-state index contributed by atoms with van der Waals surface area (Å²) in [4.78, 5) is 37.7. The van der Waals surface area contributed by atoms with E-state index < -0.39 is 17.7 Å². The number of piperidine rings is 2. The molecule has 0 radical (unpaired) electrons. The SMILES string of the molecule is CC(C)(C)OC(=O)N1CCCCC1C(=O)NCC1CCN(c2ncccn2)CC1. The number of rotatable bonds is 4. The first-order valence-electron chi connectivity index (χ1n) is 10.6. The predicted octanol–water partition coefficient (Wildman–Crippen LogP) is 2.60. The third kappa shape index (κ3) is 6.05. The summed E-state index contributed by atoms with van der Waals surface area (Å²) in [5.74, 6) is 1.13. The Bertz CT molecular complexity index is 683. The van der Waals surface area contributed by atoms with Gasteiger partial charge in [0, 0.05) is 38.6 Å². The zero-order chi connectivity index (χ0) is 20.9. The molecule has 160 valence electrons. The summed E-state index contributed by atoms with van der Waals surface area (Å²) in [6.07, 6.45) is 7.64. The second kappa shape index (κ2) is 9.41. The van der Waals surface area contributed by atoms with Gasteiger partial charge in [-0.1, -0.05) is 0 Å². The van der Waals surface area contributed by atoms with E-state index in [2.05, 4.69) is 20.2 Å². The van der Waals surface area contributed by atoms with Gasteiger partial charge in [-0.25, -0.2) is 14.8 Å². The number of ether oxygens (including phenoxy) is 1. The first kappa shape index (κ1) is 21.3. The van der Waals surface area contributed by atoms with E-state index >= 15 is 0 Å². The number of aromatic nitrogens is 2. The van der Waals surface area contributed by atoms with Crippen molar-refractivity contribution >= 4 is 17.9 Å². The van der Waals surface area contributed by atoms with Crippen LogP contribution in [0, 0.1) is 5.92 Å². The molecule has 3 rings (SSSR count). The maximum atomic E-state index is 12.8. The van der Waals surface area contributed by atoms with E-state index in [1.807, 2.05) is 26.8 Å². The molecule has 1 aromatic heterocycles. The van der Waals surface area contributed by atoms with Crippen molar-refractivity contribution in [2.24, 2.45) is 5.92 Å². The van der Waals surface area contributed by atoms with Gasteiger partial charge < -0.3 is 15.0 Å². The van der Waals surface area contributed by atoms with Crippen molar-refractivity contribution in [1.29, 1.82) is 0 Å². The molecular weight excluding hydrogens is 370 g/mol. The predicted molar refractivity (Wildman–Crippen MR) is 111 cm³/mol. The van der Waals surface area contributed by atoms with Gasteiger partial charge in [-0.3, -0.25) is 9.69 Å². The maximum absolute atomic E-state index is 12.8. The first-order chi connectivity index (χ1) is 13.8. The summed E-state index contributed by atoms with van der Waals surface area (Å²) in [5.41, 5.74) is -0.563. The fourth-order valence-corrected chi connectivity index (χ4v) is 3.90. The Morgan fingerprint density at radius 1 is 1.10 bits per heavy atom. The summed E-state index contributed by atoms with van der Waals surface area (Å²) >= 11 is 0. The molecule has 29 heavy (non-hydrogen) atoms. The lowest BCUT2D eigenvalue weighted by molar-refractivity contribution is -0.127. The third-order valence-electron chi connectivity index (χ3n) is 5.45. The molecule has 1 unspecified atom stereocenters. The van der Waals surface area contributed by atoms with Gasteiger partial charge in [-0.15, -0.1) is 0 Å². The molecule has 8 heteroatoms. The normalized spacial score (nSPS) is 21.0. The maximum Gasteiger partial charge on any atom is 0.410 e. The fraction of sp³-hybridized carbons (Fsp3) is 0.714. The van der Waals surface area contributed by atoms with Gasteiger partial charge in [0.25, 0.3) is 0 Å². The summed E-state index contributed by atoms with van der Waals surface area (Å²) in [6, 6.07) is 1.38. The van der Waals surface area contributed by atoms with Gasteiger partial charge in [-0.05, 0) is 64.9 Å². The van der Waals surface area contributed by atoms with Crippen molar-refractivity contribution in [3.8, 4) is 0 Å². The molecule has 0 aromatic carbocycles. The lowest BCUT2D eigenvalue weighted by Crippen LogP contribution is -2.53. The third-order valence-corrected chi connectivity index (χ3v) is 5.45.